The van der Waals surface area contributed by atoms with Crippen LogP contribution in [-0.2, 0) is 17.6 Å². The van der Waals surface area contributed by atoms with Gasteiger partial charge >= 0.3 is 23.9 Å². The lowest BCUT2D eigenvalue weighted by Gasteiger charge is -2.26. The van der Waals surface area contributed by atoms with Crippen LogP contribution in [0.25, 0.3) is 0 Å². The zero-order chi connectivity index (χ0) is 21.5. The Morgan fingerprint density at radius 3 is 2.29 bits per heavy atom. The van der Waals surface area contributed by atoms with Crippen molar-refractivity contribution in [2.24, 2.45) is 11.7 Å². The highest BCUT2D eigenvalue weighted by molar-refractivity contribution is 7.17. The van der Waals surface area contributed by atoms with Gasteiger partial charge in [0, 0.05) is 4.88 Å². The maximum atomic E-state index is 13.6. The van der Waals surface area contributed by atoms with E-state index in [1.165, 1.54) is 5.32 Å². The van der Waals surface area contributed by atoms with Gasteiger partial charge in [-0.3, -0.25) is 9.59 Å². The Balaban J connectivity index is 2.36. The van der Waals surface area contributed by atoms with Crippen LogP contribution >= 0.6 is 11.3 Å². The fourth-order valence-corrected chi connectivity index (χ4v) is 4.52. The molecule has 0 spiro atoms. The van der Waals surface area contributed by atoms with E-state index < -0.39 is 34.8 Å². The van der Waals surface area contributed by atoms with Crippen LogP contribution in [0.1, 0.15) is 47.0 Å². The third-order valence-electron chi connectivity index (χ3n) is 4.57. The first-order valence-electron chi connectivity index (χ1n) is 8.32. The van der Waals surface area contributed by atoms with Gasteiger partial charge in [0.25, 0.3) is 5.91 Å². The summed E-state index contributed by atoms with van der Waals surface area (Å²) in [5.41, 5.74) is 5.30. The quantitative estimate of drug-likeness (QED) is 0.646. The Hall–Kier alpha value is -1.85. The van der Waals surface area contributed by atoms with E-state index in [4.69, 9.17) is 5.73 Å². The predicted molar refractivity (Wildman–Crippen MR) is 87.8 cm³/mol. The van der Waals surface area contributed by atoms with Crippen molar-refractivity contribution in [3.63, 3.8) is 0 Å². The van der Waals surface area contributed by atoms with Crippen LogP contribution in [0.3, 0.4) is 0 Å². The van der Waals surface area contributed by atoms with Crippen LogP contribution in [-0.4, -0.2) is 29.8 Å². The smallest absolute Gasteiger partial charge is 0.365 e. The van der Waals surface area contributed by atoms with Gasteiger partial charge in [-0.05, 0) is 30.7 Å². The second-order valence-electron chi connectivity index (χ2n) is 6.57. The number of anilines is 1. The van der Waals surface area contributed by atoms with Crippen molar-refractivity contribution in [3.05, 3.63) is 16.0 Å². The summed E-state index contributed by atoms with van der Waals surface area (Å²) in [6.45, 7) is 1.97. The van der Waals surface area contributed by atoms with Crippen LogP contribution in [0.4, 0.5) is 35.7 Å². The van der Waals surface area contributed by atoms with Gasteiger partial charge in [-0.15, -0.1) is 11.3 Å². The summed E-state index contributed by atoms with van der Waals surface area (Å²) >= 11 is 0.690. The number of carbonyl (C=O) groups excluding carboxylic acids is 2. The number of hydrogen-bond acceptors (Lipinski definition) is 3. The van der Waals surface area contributed by atoms with Crippen molar-refractivity contribution >= 4 is 28.2 Å². The molecule has 0 saturated carbocycles. The maximum absolute atomic E-state index is 13.6. The molecular weight excluding hydrogens is 417 g/mol. The van der Waals surface area contributed by atoms with E-state index >= 15 is 0 Å². The van der Waals surface area contributed by atoms with Crippen LogP contribution in [0.2, 0.25) is 0 Å². The Labute approximate surface area is 159 Å². The van der Waals surface area contributed by atoms with Gasteiger partial charge in [-0.25, -0.2) is 0 Å². The van der Waals surface area contributed by atoms with Crippen LogP contribution in [0.15, 0.2) is 0 Å². The number of alkyl halides is 7. The first-order valence-corrected chi connectivity index (χ1v) is 9.13. The number of nitrogens with one attached hydrogen (secondary N) is 1. The van der Waals surface area contributed by atoms with E-state index in [1.807, 2.05) is 6.92 Å². The Kier molecular flexibility index (Phi) is 6.03. The van der Waals surface area contributed by atoms with E-state index in [9.17, 15) is 40.3 Å². The van der Waals surface area contributed by atoms with Gasteiger partial charge in [-0.2, -0.15) is 30.7 Å². The Bertz CT molecular complexity index is 774. The standard InChI is InChI=1S/C16H17F7N2O2S/c1-2-3-7-4-5-8-9(6-7)28-12(10(8)11(24)26)25-13(27)14(17,18)15(19,20)16(21,22)23/h7H,2-6H2,1H3,(H2,24,26)(H,25,27). The van der Waals surface area contributed by atoms with Gasteiger partial charge in [0.1, 0.15) is 5.00 Å². The highest BCUT2D eigenvalue weighted by Crippen LogP contribution is 2.48. The van der Waals surface area contributed by atoms with Crippen molar-refractivity contribution in [1.82, 2.24) is 0 Å². The third kappa shape index (κ3) is 3.83. The van der Waals surface area contributed by atoms with Crippen molar-refractivity contribution in [2.45, 2.75) is 57.0 Å². The van der Waals surface area contributed by atoms with E-state index in [0.717, 1.165) is 12.8 Å². The lowest BCUT2D eigenvalue weighted by Crippen LogP contribution is -2.57. The third-order valence-corrected chi connectivity index (χ3v) is 5.74. The molecule has 1 aliphatic rings. The van der Waals surface area contributed by atoms with Crippen LogP contribution < -0.4 is 11.1 Å². The molecular formula is C16H17F7N2O2S. The first-order chi connectivity index (χ1) is 12.7. The predicted octanol–water partition coefficient (Wildman–Crippen LogP) is 4.52. The molecule has 12 heteroatoms. The molecule has 2 rings (SSSR count). The second-order valence-corrected chi connectivity index (χ2v) is 7.68. The normalized spacial score (nSPS) is 17.9. The average molecular weight is 434 g/mol. The lowest BCUT2D eigenvalue weighted by molar-refractivity contribution is -0.343. The lowest BCUT2D eigenvalue weighted by atomic mass is 9.84. The summed E-state index contributed by atoms with van der Waals surface area (Å²) in [5.74, 6) is -16.4. The number of thiophene rings is 1. The summed E-state index contributed by atoms with van der Waals surface area (Å²) in [7, 11) is 0. The van der Waals surface area contributed by atoms with E-state index in [0.29, 0.717) is 41.0 Å². The number of primary amides is 1. The molecule has 1 atom stereocenters. The van der Waals surface area contributed by atoms with E-state index in [-0.39, 0.29) is 11.5 Å². The van der Waals surface area contributed by atoms with Crippen LogP contribution in [0.5, 0.6) is 0 Å². The van der Waals surface area contributed by atoms with Crippen molar-refractivity contribution in [1.29, 1.82) is 0 Å². The molecule has 0 aliphatic heterocycles. The van der Waals surface area contributed by atoms with Crippen LogP contribution in [0, 0.1) is 5.92 Å². The van der Waals surface area contributed by atoms with Gasteiger partial charge in [0.15, 0.2) is 0 Å². The molecule has 0 radical (unpaired) electrons. The van der Waals surface area contributed by atoms with Gasteiger partial charge < -0.3 is 11.1 Å². The average Bonchev–Trinajstić information content (AvgIpc) is 2.90. The molecule has 28 heavy (non-hydrogen) atoms. The van der Waals surface area contributed by atoms with Crippen molar-refractivity contribution < 1.29 is 40.3 Å². The topological polar surface area (TPSA) is 72.2 Å². The highest BCUT2D eigenvalue weighted by atomic mass is 32.1. The molecule has 1 aromatic heterocycles. The molecule has 1 heterocycles. The minimum Gasteiger partial charge on any atom is -0.365 e. The molecule has 1 aliphatic carbocycles. The molecule has 0 aromatic carbocycles. The molecule has 0 fully saturated rings. The summed E-state index contributed by atoms with van der Waals surface area (Å²) in [6, 6.07) is 0. The van der Waals surface area contributed by atoms with Crippen molar-refractivity contribution in [3.8, 4) is 0 Å². The molecule has 0 bridgehead atoms. The molecule has 4 nitrogen and oxygen atoms in total. The number of rotatable bonds is 6. The molecule has 1 aromatic rings. The molecule has 3 N–H and O–H groups in total. The fraction of sp³-hybridized carbons (Fsp3) is 0.625. The molecule has 2 amide bonds. The summed E-state index contributed by atoms with van der Waals surface area (Å²) < 4.78 is 90.0. The number of carbonyl (C=O) groups is 2. The molecule has 1 unspecified atom stereocenters. The molecule has 158 valence electrons. The number of halogens is 7. The molecule has 0 saturated heterocycles. The highest BCUT2D eigenvalue weighted by Gasteiger charge is 2.76. The SMILES string of the molecule is CCCC1CCc2c(sc(NC(=O)C(F)(F)C(F)(F)C(F)(F)F)c2C(N)=O)C1. The number of hydrogen-bond donors (Lipinski definition) is 2. The summed E-state index contributed by atoms with van der Waals surface area (Å²) in [4.78, 5) is 23.9. The monoisotopic (exact) mass is 434 g/mol. The van der Waals surface area contributed by atoms with E-state index in [1.54, 1.807) is 0 Å². The zero-order valence-corrected chi connectivity index (χ0v) is 15.4. The minimum atomic E-state index is -6.64. The number of nitrogens with two attached hydrogens (primary N) is 1. The number of amides is 2. The second kappa shape index (κ2) is 7.53. The van der Waals surface area contributed by atoms with E-state index in [2.05, 4.69) is 0 Å². The fourth-order valence-electron chi connectivity index (χ4n) is 3.16. The minimum absolute atomic E-state index is 0.247. The van der Waals surface area contributed by atoms with Crippen molar-refractivity contribution in [2.75, 3.05) is 5.32 Å². The summed E-state index contributed by atoms with van der Waals surface area (Å²) in [5, 5.41) is 0.819. The largest absolute Gasteiger partial charge is 0.460 e. The Morgan fingerprint density at radius 2 is 1.79 bits per heavy atom. The zero-order valence-electron chi connectivity index (χ0n) is 14.6. The van der Waals surface area contributed by atoms with Gasteiger partial charge in [-0.1, -0.05) is 19.8 Å². The Morgan fingerprint density at radius 1 is 1.18 bits per heavy atom. The summed E-state index contributed by atoms with van der Waals surface area (Å²) in [6.07, 6.45) is -3.38. The van der Waals surface area contributed by atoms with Gasteiger partial charge in [0.05, 0.1) is 5.56 Å². The van der Waals surface area contributed by atoms with Gasteiger partial charge in [0.2, 0.25) is 0 Å². The first kappa shape index (κ1) is 22.4. The number of fused-ring (bicyclic) bond motifs is 1. The maximum Gasteiger partial charge on any atom is 0.460 e.